The number of anilines is 3. The van der Waals surface area contributed by atoms with E-state index in [-0.39, 0.29) is 17.3 Å². The molecule has 0 aliphatic rings. The molecule has 0 aliphatic carbocycles. The molecule has 12 heteroatoms. The third-order valence-corrected chi connectivity index (χ3v) is 5.98. The second-order valence-electron chi connectivity index (χ2n) is 8.77. The van der Waals surface area contributed by atoms with Gasteiger partial charge >= 0.3 is 0 Å². The van der Waals surface area contributed by atoms with Crippen LogP contribution in [0.4, 0.5) is 25.8 Å². The Morgan fingerprint density at radius 1 is 1.21 bits per heavy atom. The van der Waals surface area contributed by atoms with Crippen LogP contribution in [0.2, 0.25) is 5.02 Å². The summed E-state index contributed by atoms with van der Waals surface area (Å²) in [5.41, 5.74) is 2.89. The van der Waals surface area contributed by atoms with Crippen LogP contribution in [0.5, 0.6) is 0 Å². The summed E-state index contributed by atoms with van der Waals surface area (Å²) < 4.78 is 28.9. The molecule has 3 aromatic heterocycles. The van der Waals surface area contributed by atoms with Gasteiger partial charge in [-0.2, -0.15) is 9.65 Å². The molecule has 9 nitrogen and oxygen atoms in total. The van der Waals surface area contributed by atoms with Crippen molar-refractivity contribution in [1.82, 2.24) is 25.0 Å². The van der Waals surface area contributed by atoms with E-state index in [1.54, 1.807) is 42.2 Å². The number of benzene rings is 1. The van der Waals surface area contributed by atoms with Crippen LogP contribution in [0.3, 0.4) is 0 Å². The quantitative estimate of drug-likeness (QED) is 0.143. The minimum absolute atomic E-state index is 0.105. The molecule has 4 aromatic rings. The number of aliphatic imine (C=N–C) groups is 1. The Balaban J connectivity index is 1.80. The van der Waals surface area contributed by atoms with Gasteiger partial charge in [0.25, 0.3) is 0 Å². The Hall–Kier alpha value is -4.69. The van der Waals surface area contributed by atoms with E-state index in [0.717, 1.165) is 12.3 Å². The highest BCUT2D eigenvalue weighted by atomic mass is 35.5. The van der Waals surface area contributed by atoms with E-state index in [0.29, 0.717) is 38.6 Å². The van der Waals surface area contributed by atoms with Gasteiger partial charge in [-0.05, 0) is 37.6 Å². The predicted molar refractivity (Wildman–Crippen MR) is 148 cm³/mol. The first-order chi connectivity index (χ1) is 18.7. The molecule has 0 unspecified atom stereocenters. The molecule has 0 aliphatic heterocycles. The molecule has 0 fully saturated rings. The molecular formula is C27H24ClF2N9. The fourth-order valence-electron chi connectivity index (χ4n) is 3.74. The average Bonchev–Trinajstić information content (AvgIpc) is 3.40. The lowest BCUT2D eigenvalue weighted by atomic mass is 10.0. The number of fused-ring (bicyclic) bond motifs is 1. The SMILES string of the molecule is C=C(/C=C\C=NC)[C@H](Nc1cc(Cl)c2ncc(C#N)c(Nc3cnc(F)c(F)c3)c2c1)c1cn(C(C)C)nn1. The van der Waals surface area contributed by atoms with Gasteiger partial charge in [-0.25, -0.2) is 14.1 Å². The van der Waals surface area contributed by atoms with E-state index in [9.17, 15) is 14.0 Å². The van der Waals surface area contributed by atoms with E-state index < -0.39 is 17.8 Å². The first kappa shape index (κ1) is 27.3. The standard InChI is InChI=1S/C27H24ClF2N9/c1-15(2)39-14-23(37-38-39)24(16(3)6-5-7-32-4)35-18-8-20-25(36-19-10-22(29)27(30)34-13-19)17(11-31)12-33-26(20)21(28)9-18/h5-10,12-15,24,35H,3H2,1-2,4H3,(H,33,36)/b6-5-,32-7?/t24-/m0/s1. The van der Waals surface area contributed by atoms with Crippen LogP contribution >= 0.6 is 11.6 Å². The Morgan fingerprint density at radius 2 is 2.00 bits per heavy atom. The molecule has 0 bridgehead atoms. The van der Waals surface area contributed by atoms with Gasteiger partial charge in [-0.3, -0.25) is 9.98 Å². The smallest absolute Gasteiger partial charge is 0.249 e. The summed E-state index contributed by atoms with van der Waals surface area (Å²) in [6.45, 7) is 8.18. The van der Waals surface area contributed by atoms with Gasteiger partial charge in [0, 0.05) is 42.6 Å². The van der Waals surface area contributed by atoms with Crippen molar-refractivity contribution in [3.8, 4) is 6.07 Å². The van der Waals surface area contributed by atoms with Crippen LogP contribution in [0, 0.1) is 23.1 Å². The fraction of sp³-hybridized carbons (Fsp3) is 0.185. The summed E-state index contributed by atoms with van der Waals surface area (Å²) >= 11 is 6.61. The summed E-state index contributed by atoms with van der Waals surface area (Å²) in [6, 6.07) is 6.06. The Kier molecular flexibility index (Phi) is 8.27. The van der Waals surface area contributed by atoms with Gasteiger partial charge in [-0.1, -0.05) is 29.5 Å². The van der Waals surface area contributed by atoms with Gasteiger partial charge < -0.3 is 10.6 Å². The summed E-state index contributed by atoms with van der Waals surface area (Å²) in [4.78, 5) is 11.7. The first-order valence-electron chi connectivity index (χ1n) is 11.8. The fourth-order valence-corrected chi connectivity index (χ4v) is 4.01. The van der Waals surface area contributed by atoms with E-state index in [4.69, 9.17) is 11.6 Å². The van der Waals surface area contributed by atoms with Crippen molar-refractivity contribution in [2.24, 2.45) is 4.99 Å². The van der Waals surface area contributed by atoms with Gasteiger partial charge in [0.1, 0.15) is 11.8 Å². The Labute approximate surface area is 228 Å². The minimum Gasteiger partial charge on any atom is -0.373 e. The number of halogens is 3. The van der Waals surface area contributed by atoms with E-state index in [1.165, 1.54) is 6.20 Å². The number of nitriles is 1. The Morgan fingerprint density at radius 3 is 2.67 bits per heavy atom. The monoisotopic (exact) mass is 547 g/mol. The zero-order valence-electron chi connectivity index (χ0n) is 21.3. The number of allylic oxidation sites excluding steroid dienone is 1. The van der Waals surface area contributed by atoms with Gasteiger partial charge in [0.05, 0.1) is 45.9 Å². The number of hydrogen-bond donors (Lipinski definition) is 2. The van der Waals surface area contributed by atoms with Crippen molar-refractivity contribution in [3.63, 3.8) is 0 Å². The molecule has 0 saturated heterocycles. The lowest BCUT2D eigenvalue weighted by molar-refractivity contribution is 0.480. The molecule has 198 valence electrons. The van der Waals surface area contributed by atoms with Gasteiger partial charge in [-0.15, -0.1) is 5.10 Å². The highest BCUT2D eigenvalue weighted by Gasteiger charge is 2.20. The molecule has 4 rings (SSSR count). The minimum atomic E-state index is -1.23. The van der Waals surface area contributed by atoms with Crippen LogP contribution in [0.25, 0.3) is 10.9 Å². The van der Waals surface area contributed by atoms with Crippen LogP contribution in [-0.2, 0) is 0 Å². The molecule has 39 heavy (non-hydrogen) atoms. The topological polar surface area (TPSA) is 117 Å². The van der Waals surface area contributed by atoms with E-state index >= 15 is 0 Å². The zero-order valence-corrected chi connectivity index (χ0v) is 22.1. The molecule has 0 saturated carbocycles. The first-order valence-corrected chi connectivity index (χ1v) is 12.2. The van der Waals surface area contributed by atoms with E-state index in [2.05, 4.69) is 48.6 Å². The van der Waals surface area contributed by atoms with Crippen LogP contribution < -0.4 is 10.6 Å². The molecule has 0 amide bonds. The normalized spacial score (nSPS) is 12.4. The molecule has 0 radical (unpaired) electrons. The van der Waals surface area contributed by atoms with Crippen molar-refractivity contribution in [1.29, 1.82) is 5.26 Å². The number of rotatable bonds is 9. The third-order valence-electron chi connectivity index (χ3n) is 5.69. The molecule has 2 N–H and O–H groups in total. The van der Waals surface area contributed by atoms with Crippen molar-refractivity contribution in [3.05, 3.63) is 89.1 Å². The Bertz CT molecular complexity index is 1640. The number of pyridine rings is 2. The molecular weight excluding hydrogens is 524 g/mol. The van der Waals surface area contributed by atoms with Crippen molar-refractivity contribution in [2.75, 3.05) is 17.7 Å². The van der Waals surface area contributed by atoms with Crippen LogP contribution in [-0.4, -0.2) is 38.2 Å². The molecule has 0 spiro atoms. The van der Waals surface area contributed by atoms with Gasteiger partial charge in [0.2, 0.25) is 5.95 Å². The molecule has 3 heterocycles. The molecule has 1 atom stereocenters. The maximum Gasteiger partial charge on any atom is 0.249 e. The van der Waals surface area contributed by atoms with Gasteiger partial charge in [0.15, 0.2) is 5.82 Å². The third kappa shape index (κ3) is 6.08. The maximum atomic E-state index is 13.8. The number of nitrogens with one attached hydrogen (secondary N) is 2. The van der Waals surface area contributed by atoms with Crippen molar-refractivity contribution >= 4 is 45.8 Å². The number of hydrogen-bond acceptors (Lipinski definition) is 8. The van der Waals surface area contributed by atoms with Crippen LogP contribution in [0.1, 0.15) is 37.2 Å². The highest BCUT2D eigenvalue weighted by Crippen LogP contribution is 2.36. The summed E-state index contributed by atoms with van der Waals surface area (Å²) in [6.07, 6.45) is 9.51. The van der Waals surface area contributed by atoms with Crippen molar-refractivity contribution in [2.45, 2.75) is 25.9 Å². The van der Waals surface area contributed by atoms with Crippen LogP contribution in [0.15, 0.2) is 66.1 Å². The maximum absolute atomic E-state index is 13.8. The second-order valence-corrected chi connectivity index (χ2v) is 9.18. The second kappa shape index (κ2) is 11.8. The molecule has 1 aromatic carbocycles. The zero-order chi connectivity index (χ0) is 28.1. The van der Waals surface area contributed by atoms with Crippen molar-refractivity contribution < 1.29 is 8.78 Å². The lowest BCUT2D eigenvalue weighted by Crippen LogP contribution is -2.13. The highest BCUT2D eigenvalue weighted by molar-refractivity contribution is 6.36. The predicted octanol–water partition coefficient (Wildman–Crippen LogP) is 6.32. The number of aromatic nitrogens is 5. The largest absolute Gasteiger partial charge is 0.373 e. The summed E-state index contributed by atoms with van der Waals surface area (Å²) in [7, 11) is 1.67. The average molecular weight is 548 g/mol. The lowest BCUT2D eigenvalue weighted by Gasteiger charge is -2.20. The number of nitrogens with zero attached hydrogens (tertiary/aromatic N) is 7. The summed E-state index contributed by atoms with van der Waals surface area (Å²) in [5, 5.41) is 25.4. The summed E-state index contributed by atoms with van der Waals surface area (Å²) in [5.74, 6) is -2.36. The van der Waals surface area contributed by atoms with E-state index in [1.807, 2.05) is 20.0 Å².